The molecule has 0 saturated carbocycles. The molecule has 0 spiro atoms. The molecule has 0 aliphatic carbocycles. The van der Waals surface area contributed by atoms with Crippen molar-refractivity contribution in [1.82, 2.24) is 14.8 Å². The van der Waals surface area contributed by atoms with Gasteiger partial charge in [-0.3, -0.25) is 4.57 Å². The summed E-state index contributed by atoms with van der Waals surface area (Å²) in [5, 5.41) is 7.42. The Morgan fingerprint density at radius 2 is 2.11 bits per heavy atom. The van der Waals surface area contributed by atoms with Crippen LogP contribution in [0.15, 0.2) is 35.7 Å². The molecule has 1 heterocycles. The summed E-state index contributed by atoms with van der Waals surface area (Å²) in [6, 6.07) is 7.18. The van der Waals surface area contributed by atoms with E-state index in [1.54, 1.807) is 18.2 Å². The summed E-state index contributed by atoms with van der Waals surface area (Å²) in [5.41, 5.74) is 7.17. The number of hydrogen-bond donors (Lipinski definition) is 1. The predicted molar refractivity (Wildman–Crippen MR) is 66.5 cm³/mol. The summed E-state index contributed by atoms with van der Waals surface area (Å²) in [7, 11) is 0. The predicted octanol–water partition coefficient (Wildman–Crippen LogP) is 2.71. The van der Waals surface area contributed by atoms with Crippen LogP contribution in [0.3, 0.4) is 0 Å². The highest BCUT2D eigenvalue weighted by molar-refractivity contribution is 7.98. The van der Waals surface area contributed by atoms with Gasteiger partial charge in [-0.15, -0.1) is 10.2 Å². The lowest BCUT2D eigenvalue weighted by Gasteiger charge is -2.09. The highest BCUT2D eigenvalue weighted by atomic mass is 32.2. The van der Waals surface area contributed by atoms with E-state index in [1.807, 2.05) is 6.07 Å². The van der Waals surface area contributed by atoms with Crippen LogP contribution in [0.5, 0.6) is 0 Å². The highest BCUT2D eigenvalue weighted by Gasteiger charge is 2.29. The van der Waals surface area contributed by atoms with E-state index in [0.717, 1.165) is 16.5 Å². The third-order valence-electron chi connectivity index (χ3n) is 2.25. The minimum absolute atomic E-state index is 0.236. The Morgan fingerprint density at radius 3 is 2.79 bits per heavy atom. The average molecular weight is 288 g/mol. The number of nitrogens with two attached hydrogens (primary N) is 1. The fourth-order valence-corrected chi connectivity index (χ4v) is 2.35. The van der Waals surface area contributed by atoms with Crippen LogP contribution in [0.4, 0.5) is 18.9 Å². The Morgan fingerprint density at radius 1 is 1.32 bits per heavy atom. The van der Waals surface area contributed by atoms with Crippen LogP contribution < -0.4 is 5.73 Å². The lowest BCUT2D eigenvalue weighted by Crippen LogP contribution is -2.17. The van der Waals surface area contributed by atoms with E-state index >= 15 is 0 Å². The van der Waals surface area contributed by atoms with Gasteiger partial charge in [0.25, 0.3) is 0 Å². The van der Waals surface area contributed by atoms with Crippen molar-refractivity contribution in [2.75, 3.05) is 5.73 Å². The molecule has 2 aromatic rings. The first kappa shape index (κ1) is 13.7. The Hall–Kier alpha value is -1.70. The number of nitrogens with zero attached hydrogens (tertiary/aromatic N) is 3. The maximum Gasteiger partial charge on any atom is 0.406 e. The number of benzene rings is 1. The fourth-order valence-electron chi connectivity index (χ4n) is 1.49. The molecule has 19 heavy (non-hydrogen) atoms. The molecule has 0 saturated heterocycles. The van der Waals surface area contributed by atoms with Gasteiger partial charge in [-0.05, 0) is 17.7 Å². The van der Waals surface area contributed by atoms with Crippen LogP contribution in [-0.2, 0) is 12.3 Å². The molecule has 0 bridgehead atoms. The van der Waals surface area contributed by atoms with Gasteiger partial charge >= 0.3 is 6.18 Å². The lowest BCUT2D eigenvalue weighted by atomic mass is 10.2. The standard InChI is InChI=1S/C11H11F3N4S/c12-11(13,14)6-18-7-16-17-10(18)19-5-8-2-1-3-9(15)4-8/h1-4,7H,5-6,15H2. The summed E-state index contributed by atoms with van der Waals surface area (Å²) in [6.07, 6.45) is -3.20. The molecule has 0 amide bonds. The topological polar surface area (TPSA) is 56.7 Å². The average Bonchev–Trinajstić information content (AvgIpc) is 2.71. The molecular weight excluding hydrogens is 277 g/mol. The van der Waals surface area contributed by atoms with Crippen molar-refractivity contribution in [2.45, 2.75) is 23.6 Å². The van der Waals surface area contributed by atoms with Crippen molar-refractivity contribution in [3.8, 4) is 0 Å². The smallest absolute Gasteiger partial charge is 0.399 e. The first-order chi connectivity index (χ1) is 8.94. The minimum atomic E-state index is -4.28. The van der Waals surface area contributed by atoms with Crippen LogP contribution in [0, 0.1) is 0 Å². The van der Waals surface area contributed by atoms with Crippen molar-refractivity contribution in [3.63, 3.8) is 0 Å². The van der Waals surface area contributed by atoms with Crippen molar-refractivity contribution in [1.29, 1.82) is 0 Å². The zero-order valence-electron chi connectivity index (χ0n) is 9.76. The van der Waals surface area contributed by atoms with Crippen molar-refractivity contribution in [2.24, 2.45) is 0 Å². The molecule has 0 radical (unpaired) electrons. The second kappa shape index (κ2) is 5.52. The molecule has 0 aliphatic heterocycles. The molecule has 0 fully saturated rings. The second-order valence-electron chi connectivity index (χ2n) is 3.89. The highest BCUT2D eigenvalue weighted by Crippen LogP contribution is 2.24. The molecule has 0 atom stereocenters. The molecule has 0 unspecified atom stereocenters. The van der Waals surface area contributed by atoms with Crippen molar-refractivity contribution in [3.05, 3.63) is 36.2 Å². The van der Waals surface area contributed by atoms with Gasteiger partial charge in [0, 0.05) is 11.4 Å². The third kappa shape index (κ3) is 4.16. The van der Waals surface area contributed by atoms with E-state index in [-0.39, 0.29) is 5.16 Å². The second-order valence-corrected chi connectivity index (χ2v) is 4.83. The molecule has 2 N–H and O–H groups in total. The van der Waals surface area contributed by atoms with Gasteiger partial charge in [-0.25, -0.2) is 0 Å². The molecule has 1 aromatic heterocycles. The maximum absolute atomic E-state index is 12.3. The third-order valence-corrected chi connectivity index (χ3v) is 3.30. The number of rotatable bonds is 4. The van der Waals surface area contributed by atoms with Crippen LogP contribution >= 0.6 is 11.8 Å². The molecule has 8 heteroatoms. The zero-order valence-corrected chi connectivity index (χ0v) is 10.6. The Bertz CT molecular complexity index is 553. The molecule has 0 aliphatic rings. The Kier molecular flexibility index (Phi) is 3.98. The number of thioether (sulfide) groups is 1. The monoisotopic (exact) mass is 288 g/mol. The lowest BCUT2D eigenvalue weighted by molar-refractivity contribution is -0.142. The zero-order chi connectivity index (χ0) is 13.9. The first-order valence-corrected chi connectivity index (χ1v) is 6.34. The molecule has 4 nitrogen and oxygen atoms in total. The minimum Gasteiger partial charge on any atom is -0.399 e. The van der Waals surface area contributed by atoms with Crippen LogP contribution in [0.1, 0.15) is 5.56 Å². The van der Waals surface area contributed by atoms with Crippen molar-refractivity contribution < 1.29 is 13.2 Å². The number of halogens is 3. The summed E-state index contributed by atoms with van der Waals surface area (Å²) in [4.78, 5) is 0. The van der Waals surface area contributed by atoms with E-state index in [1.165, 1.54) is 11.8 Å². The largest absolute Gasteiger partial charge is 0.406 e. The summed E-state index contributed by atoms with van der Waals surface area (Å²) < 4.78 is 37.9. The van der Waals surface area contributed by atoms with Gasteiger partial charge < -0.3 is 5.73 Å². The van der Waals surface area contributed by atoms with Crippen LogP contribution in [-0.4, -0.2) is 20.9 Å². The van der Waals surface area contributed by atoms with Gasteiger partial charge in [-0.2, -0.15) is 13.2 Å². The summed E-state index contributed by atoms with van der Waals surface area (Å²) in [5.74, 6) is 0.488. The number of hydrogen-bond acceptors (Lipinski definition) is 4. The first-order valence-electron chi connectivity index (χ1n) is 5.36. The van der Waals surface area contributed by atoms with E-state index in [0.29, 0.717) is 11.4 Å². The van der Waals surface area contributed by atoms with Crippen LogP contribution in [0.25, 0.3) is 0 Å². The van der Waals surface area contributed by atoms with Gasteiger partial charge in [0.2, 0.25) is 0 Å². The van der Waals surface area contributed by atoms with Gasteiger partial charge in [-0.1, -0.05) is 23.9 Å². The maximum atomic E-state index is 12.3. The Balaban J connectivity index is 2.02. The van der Waals surface area contributed by atoms with Gasteiger partial charge in [0.05, 0.1) is 0 Å². The SMILES string of the molecule is Nc1cccc(CSc2nncn2CC(F)(F)F)c1. The fraction of sp³-hybridized carbons (Fsp3) is 0.273. The van der Waals surface area contributed by atoms with E-state index in [2.05, 4.69) is 10.2 Å². The van der Waals surface area contributed by atoms with E-state index in [4.69, 9.17) is 5.73 Å². The summed E-state index contributed by atoms with van der Waals surface area (Å²) >= 11 is 1.19. The number of anilines is 1. The molecule has 2 rings (SSSR count). The molecular formula is C11H11F3N4S. The van der Waals surface area contributed by atoms with Gasteiger partial charge in [0.15, 0.2) is 5.16 Å². The summed E-state index contributed by atoms with van der Waals surface area (Å²) in [6.45, 7) is -1.08. The van der Waals surface area contributed by atoms with Crippen molar-refractivity contribution >= 4 is 17.4 Å². The molecule has 102 valence electrons. The Labute approximate surface area is 111 Å². The number of aromatic nitrogens is 3. The van der Waals surface area contributed by atoms with Crippen LogP contribution in [0.2, 0.25) is 0 Å². The van der Waals surface area contributed by atoms with Gasteiger partial charge in [0.1, 0.15) is 12.9 Å². The quantitative estimate of drug-likeness (QED) is 0.694. The molecule has 1 aromatic carbocycles. The van der Waals surface area contributed by atoms with E-state index < -0.39 is 12.7 Å². The number of alkyl halides is 3. The normalized spacial score (nSPS) is 11.7. The number of nitrogen functional groups attached to an aromatic ring is 1. The van der Waals surface area contributed by atoms with E-state index in [9.17, 15) is 13.2 Å².